The lowest BCUT2D eigenvalue weighted by molar-refractivity contribution is 0.458. The summed E-state index contributed by atoms with van der Waals surface area (Å²) in [7, 11) is 0. The zero-order valence-electron chi connectivity index (χ0n) is 11.4. The minimum atomic E-state index is 0.545. The SMILES string of the molecule is Cc1cccc(Oc2nn3cnnc3c3ccccc23)c1. The van der Waals surface area contributed by atoms with Crippen LogP contribution in [0.1, 0.15) is 5.56 Å². The third-order valence-electron chi connectivity index (χ3n) is 3.33. The van der Waals surface area contributed by atoms with Crippen molar-refractivity contribution in [2.45, 2.75) is 6.92 Å². The van der Waals surface area contributed by atoms with Gasteiger partial charge in [0.25, 0.3) is 0 Å². The molecular formula is C16H12N4O. The number of ether oxygens (including phenoxy) is 1. The molecule has 0 N–H and O–H groups in total. The van der Waals surface area contributed by atoms with Crippen molar-refractivity contribution in [3.8, 4) is 11.6 Å². The molecule has 21 heavy (non-hydrogen) atoms. The third kappa shape index (κ3) is 1.99. The first-order chi connectivity index (χ1) is 10.3. The number of rotatable bonds is 2. The van der Waals surface area contributed by atoms with E-state index in [4.69, 9.17) is 4.74 Å². The van der Waals surface area contributed by atoms with Crippen LogP contribution >= 0.6 is 0 Å². The number of hydrogen-bond acceptors (Lipinski definition) is 4. The van der Waals surface area contributed by atoms with Gasteiger partial charge in [-0.1, -0.05) is 30.3 Å². The summed E-state index contributed by atoms with van der Waals surface area (Å²) in [5.74, 6) is 1.31. The predicted molar refractivity (Wildman–Crippen MR) is 79.5 cm³/mol. The second-order valence-electron chi connectivity index (χ2n) is 4.87. The van der Waals surface area contributed by atoms with Gasteiger partial charge in [0.15, 0.2) is 5.65 Å². The van der Waals surface area contributed by atoms with Crippen molar-refractivity contribution in [3.63, 3.8) is 0 Å². The zero-order valence-corrected chi connectivity index (χ0v) is 11.4. The summed E-state index contributed by atoms with van der Waals surface area (Å²) in [6, 6.07) is 15.8. The van der Waals surface area contributed by atoms with Crippen LogP contribution in [-0.4, -0.2) is 19.8 Å². The maximum atomic E-state index is 5.96. The molecule has 0 fully saturated rings. The van der Waals surface area contributed by atoms with E-state index >= 15 is 0 Å². The van der Waals surface area contributed by atoms with Gasteiger partial charge in [-0.3, -0.25) is 0 Å². The lowest BCUT2D eigenvalue weighted by Gasteiger charge is -2.09. The smallest absolute Gasteiger partial charge is 0.245 e. The molecule has 0 spiro atoms. The maximum Gasteiger partial charge on any atom is 0.245 e. The van der Waals surface area contributed by atoms with E-state index in [-0.39, 0.29) is 0 Å². The molecule has 0 radical (unpaired) electrons. The molecule has 102 valence electrons. The van der Waals surface area contributed by atoms with Gasteiger partial charge in [-0.2, -0.15) is 4.52 Å². The number of hydrogen-bond donors (Lipinski definition) is 0. The van der Waals surface area contributed by atoms with E-state index in [1.165, 1.54) is 0 Å². The van der Waals surface area contributed by atoms with Crippen LogP contribution in [-0.2, 0) is 0 Å². The number of benzene rings is 2. The summed E-state index contributed by atoms with van der Waals surface area (Å²) >= 11 is 0. The zero-order chi connectivity index (χ0) is 14.2. The Hall–Kier alpha value is -2.95. The standard InChI is InChI=1S/C16H12N4O/c1-11-5-4-6-12(9-11)21-16-14-8-3-2-7-13(14)15-18-17-10-20(15)19-16/h2-10H,1H3. The molecule has 0 amide bonds. The van der Waals surface area contributed by atoms with Crippen LogP contribution in [0, 0.1) is 6.92 Å². The Morgan fingerprint density at radius 2 is 1.86 bits per heavy atom. The molecule has 5 nitrogen and oxygen atoms in total. The summed E-state index contributed by atoms with van der Waals surface area (Å²) in [4.78, 5) is 0. The van der Waals surface area contributed by atoms with Gasteiger partial charge in [0.2, 0.25) is 5.88 Å². The molecule has 2 aromatic heterocycles. The highest BCUT2D eigenvalue weighted by molar-refractivity contribution is 5.96. The van der Waals surface area contributed by atoms with Crippen molar-refractivity contribution in [1.29, 1.82) is 0 Å². The second-order valence-corrected chi connectivity index (χ2v) is 4.87. The molecule has 0 saturated heterocycles. The van der Waals surface area contributed by atoms with Gasteiger partial charge in [-0.05, 0) is 30.7 Å². The largest absolute Gasteiger partial charge is 0.437 e. The molecule has 5 heteroatoms. The number of nitrogens with zero attached hydrogens (tertiary/aromatic N) is 4. The van der Waals surface area contributed by atoms with E-state index in [9.17, 15) is 0 Å². The van der Waals surface area contributed by atoms with Crippen molar-refractivity contribution in [3.05, 3.63) is 60.4 Å². The molecule has 0 bridgehead atoms. The molecule has 0 aliphatic heterocycles. The van der Waals surface area contributed by atoms with E-state index in [1.807, 2.05) is 55.5 Å². The average Bonchev–Trinajstić information content (AvgIpc) is 2.96. The molecule has 0 aliphatic carbocycles. The highest BCUT2D eigenvalue weighted by Gasteiger charge is 2.11. The summed E-state index contributed by atoms with van der Waals surface area (Å²) in [6.07, 6.45) is 1.57. The van der Waals surface area contributed by atoms with E-state index in [0.717, 1.165) is 27.7 Å². The first-order valence-electron chi connectivity index (χ1n) is 6.64. The Bertz CT molecular complexity index is 945. The summed E-state index contributed by atoms with van der Waals surface area (Å²) < 4.78 is 7.59. The summed E-state index contributed by atoms with van der Waals surface area (Å²) in [6.45, 7) is 2.03. The molecular weight excluding hydrogens is 264 g/mol. The Morgan fingerprint density at radius 1 is 1.00 bits per heavy atom. The fourth-order valence-electron chi connectivity index (χ4n) is 2.36. The first-order valence-corrected chi connectivity index (χ1v) is 6.64. The third-order valence-corrected chi connectivity index (χ3v) is 3.33. The van der Waals surface area contributed by atoms with Crippen molar-refractivity contribution < 1.29 is 4.74 Å². The average molecular weight is 276 g/mol. The predicted octanol–water partition coefficient (Wildman–Crippen LogP) is 3.38. The molecule has 0 saturated carbocycles. The van der Waals surface area contributed by atoms with E-state index in [1.54, 1.807) is 10.8 Å². The van der Waals surface area contributed by atoms with Gasteiger partial charge in [0.1, 0.15) is 12.1 Å². The fourth-order valence-corrected chi connectivity index (χ4v) is 2.36. The summed E-state index contributed by atoms with van der Waals surface area (Å²) in [5, 5.41) is 14.4. The van der Waals surface area contributed by atoms with Gasteiger partial charge < -0.3 is 4.74 Å². The van der Waals surface area contributed by atoms with Crippen LogP contribution in [0.4, 0.5) is 0 Å². The van der Waals surface area contributed by atoms with E-state index < -0.39 is 0 Å². The number of fused-ring (bicyclic) bond motifs is 3. The van der Waals surface area contributed by atoms with Crippen molar-refractivity contribution in [1.82, 2.24) is 19.8 Å². The lowest BCUT2D eigenvalue weighted by atomic mass is 10.2. The van der Waals surface area contributed by atoms with Crippen molar-refractivity contribution in [2.24, 2.45) is 0 Å². The lowest BCUT2D eigenvalue weighted by Crippen LogP contribution is -1.97. The molecule has 0 unspecified atom stereocenters. The minimum Gasteiger partial charge on any atom is -0.437 e. The van der Waals surface area contributed by atoms with Gasteiger partial charge in [-0.15, -0.1) is 15.3 Å². The van der Waals surface area contributed by atoms with Gasteiger partial charge in [-0.25, -0.2) is 0 Å². The molecule has 2 aromatic carbocycles. The van der Waals surface area contributed by atoms with Crippen LogP contribution in [0.2, 0.25) is 0 Å². The highest BCUT2D eigenvalue weighted by Crippen LogP contribution is 2.29. The molecule has 0 atom stereocenters. The topological polar surface area (TPSA) is 52.3 Å². The second kappa shape index (κ2) is 4.56. The van der Waals surface area contributed by atoms with Crippen LogP contribution in [0.3, 0.4) is 0 Å². The Labute approximate surface area is 120 Å². The minimum absolute atomic E-state index is 0.545. The normalized spacial score (nSPS) is 11.1. The molecule has 4 rings (SSSR count). The van der Waals surface area contributed by atoms with Gasteiger partial charge in [0, 0.05) is 10.8 Å². The summed E-state index contributed by atoms with van der Waals surface area (Å²) in [5.41, 5.74) is 1.87. The van der Waals surface area contributed by atoms with Crippen LogP contribution < -0.4 is 4.74 Å². The van der Waals surface area contributed by atoms with E-state index in [0.29, 0.717) is 5.88 Å². The number of aromatic nitrogens is 4. The Kier molecular flexibility index (Phi) is 2.57. The van der Waals surface area contributed by atoms with Crippen LogP contribution in [0.5, 0.6) is 11.6 Å². The molecule has 4 aromatic rings. The Morgan fingerprint density at radius 3 is 2.71 bits per heavy atom. The van der Waals surface area contributed by atoms with Gasteiger partial charge in [0.05, 0.1) is 0 Å². The van der Waals surface area contributed by atoms with Crippen molar-refractivity contribution in [2.75, 3.05) is 0 Å². The molecule has 0 aliphatic rings. The highest BCUT2D eigenvalue weighted by atomic mass is 16.5. The Balaban J connectivity index is 1.93. The first kappa shape index (κ1) is 11.8. The van der Waals surface area contributed by atoms with E-state index in [2.05, 4.69) is 15.3 Å². The van der Waals surface area contributed by atoms with Crippen LogP contribution in [0.25, 0.3) is 16.4 Å². The van der Waals surface area contributed by atoms with Gasteiger partial charge >= 0.3 is 0 Å². The molecule has 2 heterocycles. The fraction of sp³-hybridized carbons (Fsp3) is 0.0625. The number of aryl methyl sites for hydroxylation is 1. The van der Waals surface area contributed by atoms with Crippen LogP contribution in [0.15, 0.2) is 54.9 Å². The van der Waals surface area contributed by atoms with Crippen molar-refractivity contribution >= 4 is 16.4 Å². The maximum absolute atomic E-state index is 5.96. The quantitative estimate of drug-likeness (QED) is 0.563. The monoisotopic (exact) mass is 276 g/mol.